The first-order chi connectivity index (χ1) is 11.7. The third-order valence-electron chi connectivity index (χ3n) is 4.12. The Morgan fingerprint density at radius 3 is 3.04 bits per heavy atom. The van der Waals surface area contributed by atoms with Crippen LogP contribution in [0.3, 0.4) is 0 Å². The minimum absolute atomic E-state index is 0.203. The van der Waals surface area contributed by atoms with Gasteiger partial charge in [-0.1, -0.05) is 6.07 Å². The van der Waals surface area contributed by atoms with E-state index in [1.165, 1.54) is 0 Å². The van der Waals surface area contributed by atoms with E-state index >= 15 is 0 Å². The number of aryl methyl sites for hydroxylation is 1. The van der Waals surface area contributed by atoms with Gasteiger partial charge in [-0.05, 0) is 31.7 Å². The van der Waals surface area contributed by atoms with Crippen LogP contribution in [0.1, 0.15) is 34.3 Å². The summed E-state index contributed by atoms with van der Waals surface area (Å²) in [6, 6.07) is 7.19. The molecule has 7 heteroatoms. The van der Waals surface area contributed by atoms with Crippen molar-refractivity contribution in [2.75, 3.05) is 27.3 Å². The van der Waals surface area contributed by atoms with Gasteiger partial charge < -0.3 is 15.0 Å². The van der Waals surface area contributed by atoms with E-state index in [0.29, 0.717) is 12.3 Å². The van der Waals surface area contributed by atoms with Crippen molar-refractivity contribution in [1.29, 1.82) is 0 Å². The van der Waals surface area contributed by atoms with E-state index in [1.807, 2.05) is 28.9 Å². The lowest BCUT2D eigenvalue weighted by molar-refractivity contribution is 0.0888. The van der Waals surface area contributed by atoms with E-state index < -0.39 is 0 Å². The number of rotatable bonds is 5. The third kappa shape index (κ3) is 3.80. The van der Waals surface area contributed by atoms with E-state index in [4.69, 9.17) is 4.74 Å². The van der Waals surface area contributed by atoms with Gasteiger partial charge >= 0.3 is 0 Å². The van der Waals surface area contributed by atoms with Crippen LogP contribution in [0.15, 0.2) is 30.5 Å². The van der Waals surface area contributed by atoms with Gasteiger partial charge in [0.1, 0.15) is 0 Å². The maximum atomic E-state index is 12.6. The third-order valence-corrected chi connectivity index (χ3v) is 4.12. The van der Waals surface area contributed by atoms with Crippen LogP contribution in [0, 0.1) is 0 Å². The van der Waals surface area contributed by atoms with Crippen LogP contribution >= 0.6 is 0 Å². The van der Waals surface area contributed by atoms with Crippen molar-refractivity contribution in [3.05, 3.63) is 47.5 Å². The lowest BCUT2D eigenvalue weighted by atomic mass is 10.2. The minimum Gasteiger partial charge on any atom is -0.382 e. The van der Waals surface area contributed by atoms with Gasteiger partial charge in [0.2, 0.25) is 0 Å². The highest BCUT2D eigenvalue weighted by Crippen LogP contribution is 2.15. The second kappa shape index (κ2) is 7.55. The first kappa shape index (κ1) is 16.6. The highest BCUT2D eigenvalue weighted by Gasteiger charge is 2.21. The number of nitrogens with zero attached hydrogens (tertiary/aromatic N) is 4. The molecule has 1 N–H and O–H groups in total. The Kier molecular flexibility index (Phi) is 5.22. The second-order valence-corrected chi connectivity index (χ2v) is 6.07. The zero-order valence-corrected chi connectivity index (χ0v) is 14.1. The molecule has 0 saturated carbocycles. The number of amides is 1. The lowest BCUT2D eigenvalue weighted by Gasteiger charge is -2.16. The highest BCUT2D eigenvalue weighted by molar-refractivity contribution is 5.92. The Balaban J connectivity index is 1.75. The second-order valence-electron chi connectivity index (χ2n) is 6.07. The molecule has 3 rings (SSSR count). The summed E-state index contributed by atoms with van der Waals surface area (Å²) < 4.78 is 7.16. The predicted molar refractivity (Wildman–Crippen MR) is 89.5 cm³/mol. The fraction of sp³-hybridized carbons (Fsp3) is 0.471. The van der Waals surface area contributed by atoms with Gasteiger partial charge in [-0.2, -0.15) is 5.10 Å². The number of fused-ring (bicyclic) bond motifs is 1. The molecule has 2 aromatic rings. The predicted octanol–water partition coefficient (Wildman–Crippen LogP) is 1.23. The quantitative estimate of drug-likeness (QED) is 0.893. The van der Waals surface area contributed by atoms with Crippen LogP contribution in [0.5, 0.6) is 0 Å². The van der Waals surface area contributed by atoms with Crippen molar-refractivity contribution < 1.29 is 9.53 Å². The van der Waals surface area contributed by atoms with Crippen LogP contribution < -0.4 is 5.32 Å². The fourth-order valence-corrected chi connectivity index (χ4v) is 2.92. The molecular weight excluding hydrogens is 306 g/mol. The Bertz CT molecular complexity index is 686. The molecule has 24 heavy (non-hydrogen) atoms. The standard InChI is InChI=1S/C17H23N5O2/c1-21-8-5-9-22-13(11-21)10-15(20-22)17(23)19-16(12-24-2)14-6-3-4-7-18-14/h3-4,6-7,10,16H,5,8-9,11-12H2,1-2H3,(H,19,23). The molecular formula is C17H23N5O2. The van der Waals surface area contributed by atoms with E-state index in [2.05, 4.69) is 27.3 Å². The fourth-order valence-electron chi connectivity index (χ4n) is 2.92. The highest BCUT2D eigenvalue weighted by atomic mass is 16.5. The van der Waals surface area contributed by atoms with Gasteiger partial charge in [-0.3, -0.25) is 14.5 Å². The van der Waals surface area contributed by atoms with E-state index in [0.717, 1.165) is 37.4 Å². The van der Waals surface area contributed by atoms with E-state index in [1.54, 1.807) is 13.3 Å². The summed E-state index contributed by atoms with van der Waals surface area (Å²) in [5, 5.41) is 7.44. The van der Waals surface area contributed by atoms with Crippen molar-refractivity contribution in [1.82, 2.24) is 25.0 Å². The summed E-state index contributed by atoms with van der Waals surface area (Å²) in [6.07, 6.45) is 2.74. The average molecular weight is 329 g/mol. The van der Waals surface area contributed by atoms with Crippen molar-refractivity contribution in [3.63, 3.8) is 0 Å². The van der Waals surface area contributed by atoms with E-state index in [-0.39, 0.29) is 11.9 Å². The van der Waals surface area contributed by atoms with Gasteiger partial charge in [0.15, 0.2) is 5.69 Å². The van der Waals surface area contributed by atoms with Gasteiger partial charge in [0.25, 0.3) is 5.91 Å². The van der Waals surface area contributed by atoms with Crippen LogP contribution in [0.4, 0.5) is 0 Å². The van der Waals surface area contributed by atoms with Gasteiger partial charge in [-0.15, -0.1) is 0 Å². The molecule has 7 nitrogen and oxygen atoms in total. The number of methoxy groups -OCH3 is 1. The minimum atomic E-state index is -0.298. The number of ether oxygens (including phenoxy) is 1. The number of carbonyl (C=O) groups is 1. The number of hydrogen-bond donors (Lipinski definition) is 1. The van der Waals surface area contributed by atoms with Gasteiger partial charge in [0.05, 0.1) is 24.0 Å². The normalized spacial score (nSPS) is 16.2. The zero-order chi connectivity index (χ0) is 16.9. The van der Waals surface area contributed by atoms with Gasteiger partial charge in [-0.25, -0.2) is 0 Å². The molecule has 1 unspecified atom stereocenters. The largest absolute Gasteiger partial charge is 0.382 e. The average Bonchev–Trinajstić information content (AvgIpc) is 2.90. The molecule has 1 aliphatic heterocycles. The maximum Gasteiger partial charge on any atom is 0.272 e. The number of carbonyl (C=O) groups excluding carboxylic acids is 1. The lowest BCUT2D eigenvalue weighted by Crippen LogP contribution is -2.32. The molecule has 0 aromatic carbocycles. The Hall–Kier alpha value is -2.25. The first-order valence-electron chi connectivity index (χ1n) is 8.13. The summed E-state index contributed by atoms with van der Waals surface area (Å²) in [7, 11) is 3.69. The monoisotopic (exact) mass is 329 g/mol. The van der Waals surface area contributed by atoms with Crippen LogP contribution in [0.25, 0.3) is 0 Å². The SMILES string of the molecule is COCC(NC(=O)c1cc2n(n1)CCCN(C)C2)c1ccccn1. The molecule has 0 saturated heterocycles. The molecule has 0 bridgehead atoms. The van der Waals surface area contributed by atoms with Crippen LogP contribution in [0.2, 0.25) is 0 Å². The molecule has 1 amide bonds. The molecule has 2 aromatic heterocycles. The smallest absolute Gasteiger partial charge is 0.272 e. The number of aromatic nitrogens is 3. The molecule has 0 fully saturated rings. The molecule has 128 valence electrons. The molecule has 0 spiro atoms. The Morgan fingerprint density at radius 2 is 2.29 bits per heavy atom. The molecule has 0 radical (unpaired) electrons. The number of nitrogens with one attached hydrogen (secondary N) is 1. The van der Waals surface area contributed by atoms with Crippen molar-refractivity contribution >= 4 is 5.91 Å². The van der Waals surface area contributed by atoms with E-state index in [9.17, 15) is 4.79 Å². The summed E-state index contributed by atoms with van der Waals surface area (Å²) in [5.41, 5.74) is 2.28. The molecule has 1 aliphatic rings. The maximum absolute atomic E-state index is 12.6. The van der Waals surface area contributed by atoms with Crippen molar-refractivity contribution in [2.45, 2.75) is 25.6 Å². The first-order valence-corrected chi connectivity index (χ1v) is 8.13. The summed E-state index contributed by atoms with van der Waals surface area (Å²) in [6.45, 7) is 3.05. The van der Waals surface area contributed by atoms with Crippen molar-refractivity contribution in [2.24, 2.45) is 0 Å². The molecule has 1 atom stereocenters. The summed E-state index contributed by atoms with van der Waals surface area (Å²) in [5.74, 6) is -0.203. The molecule has 0 aliphatic carbocycles. The Morgan fingerprint density at radius 1 is 1.42 bits per heavy atom. The topological polar surface area (TPSA) is 72.3 Å². The Labute approximate surface area is 141 Å². The number of pyridine rings is 1. The zero-order valence-electron chi connectivity index (χ0n) is 14.1. The summed E-state index contributed by atoms with van der Waals surface area (Å²) in [4.78, 5) is 19.1. The van der Waals surface area contributed by atoms with Crippen molar-refractivity contribution in [3.8, 4) is 0 Å². The number of hydrogen-bond acceptors (Lipinski definition) is 5. The van der Waals surface area contributed by atoms with Crippen LogP contribution in [-0.2, 0) is 17.8 Å². The van der Waals surface area contributed by atoms with Gasteiger partial charge in [0, 0.05) is 32.9 Å². The summed E-state index contributed by atoms with van der Waals surface area (Å²) >= 11 is 0. The van der Waals surface area contributed by atoms with Crippen LogP contribution in [-0.4, -0.2) is 52.9 Å². The molecule has 3 heterocycles.